The smallest absolute Gasteiger partial charge is 0.259 e. The molecule has 0 radical (unpaired) electrons. The number of benzene rings is 1. The zero-order valence-corrected chi connectivity index (χ0v) is 9.99. The Labute approximate surface area is 103 Å². The van der Waals surface area contributed by atoms with Crippen molar-refractivity contribution in [1.29, 1.82) is 0 Å². The van der Waals surface area contributed by atoms with Crippen LogP contribution in [0.25, 0.3) is 0 Å². The molecule has 0 aliphatic heterocycles. The van der Waals surface area contributed by atoms with Gasteiger partial charge in [0.15, 0.2) is 17.8 Å². The summed E-state index contributed by atoms with van der Waals surface area (Å²) in [5.41, 5.74) is 1.04. The zero-order valence-electron chi connectivity index (χ0n) is 9.17. The van der Waals surface area contributed by atoms with Gasteiger partial charge in [0, 0.05) is 4.90 Å². The molecule has 1 aromatic carbocycles. The molecule has 0 atom stereocenters. The van der Waals surface area contributed by atoms with E-state index in [1.807, 2.05) is 31.2 Å². The highest BCUT2D eigenvalue weighted by molar-refractivity contribution is 8.14. The largest absolute Gasteiger partial charge is 0.449 e. The molecule has 1 aromatic heterocycles. The summed E-state index contributed by atoms with van der Waals surface area (Å²) < 4.78 is 5.07. The normalized spacial score (nSPS) is 10.2. The summed E-state index contributed by atoms with van der Waals surface area (Å²) in [6, 6.07) is 10.6. The number of thioether (sulfide) groups is 1. The van der Waals surface area contributed by atoms with E-state index in [-0.39, 0.29) is 16.6 Å². The number of hydrogen-bond donors (Lipinski definition) is 0. The molecule has 0 amide bonds. The van der Waals surface area contributed by atoms with Gasteiger partial charge in [0.2, 0.25) is 0 Å². The highest BCUT2D eigenvalue weighted by Crippen LogP contribution is 2.26. The Morgan fingerprint density at radius 2 is 2.00 bits per heavy atom. The monoisotopic (exact) mass is 246 g/mol. The second kappa shape index (κ2) is 5.01. The molecule has 17 heavy (non-hydrogen) atoms. The minimum Gasteiger partial charge on any atom is -0.449 e. The third kappa shape index (κ3) is 2.65. The lowest BCUT2D eigenvalue weighted by atomic mass is 10.2. The van der Waals surface area contributed by atoms with E-state index in [0.717, 1.165) is 22.2 Å². The van der Waals surface area contributed by atoms with E-state index in [1.54, 1.807) is 0 Å². The Morgan fingerprint density at radius 3 is 2.65 bits per heavy atom. The van der Waals surface area contributed by atoms with Crippen LogP contribution in [0.4, 0.5) is 0 Å². The highest BCUT2D eigenvalue weighted by atomic mass is 32.2. The molecule has 0 N–H and O–H groups in total. The van der Waals surface area contributed by atoms with Gasteiger partial charge >= 0.3 is 0 Å². The third-order valence-corrected chi connectivity index (χ3v) is 3.30. The fourth-order valence-electron chi connectivity index (χ4n) is 1.35. The van der Waals surface area contributed by atoms with E-state index >= 15 is 0 Å². The number of rotatable bonds is 3. The fraction of sp³-hybridized carbons (Fsp3) is 0.0769. The van der Waals surface area contributed by atoms with Crippen LogP contribution in [0.3, 0.4) is 0 Å². The van der Waals surface area contributed by atoms with E-state index in [0.29, 0.717) is 6.29 Å². The van der Waals surface area contributed by atoms with E-state index in [2.05, 4.69) is 0 Å². The molecule has 0 spiro atoms. The fourth-order valence-corrected chi connectivity index (χ4v) is 2.13. The highest BCUT2D eigenvalue weighted by Gasteiger charge is 2.13. The second-order valence-electron chi connectivity index (χ2n) is 3.47. The molecular formula is C13H10O3S. The summed E-state index contributed by atoms with van der Waals surface area (Å²) in [6.07, 6.45) is 0.579. The molecule has 0 bridgehead atoms. The summed E-state index contributed by atoms with van der Waals surface area (Å²) in [6.45, 7) is 1.94. The average molecular weight is 246 g/mol. The van der Waals surface area contributed by atoms with Crippen molar-refractivity contribution in [2.24, 2.45) is 0 Å². The predicted molar refractivity (Wildman–Crippen MR) is 65.5 cm³/mol. The molecule has 4 heteroatoms. The van der Waals surface area contributed by atoms with Crippen LogP contribution in [0.1, 0.15) is 26.7 Å². The first-order valence-corrected chi connectivity index (χ1v) is 5.85. The van der Waals surface area contributed by atoms with Gasteiger partial charge in [-0.3, -0.25) is 9.59 Å². The number of furan rings is 1. The second-order valence-corrected chi connectivity index (χ2v) is 4.49. The maximum absolute atomic E-state index is 11.8. The zero-order chi connectivity index (χ0) is 12.3. The van der Waals surface area contributed by atoms with Gasteiger partial charge in [0.25, 0.3) is 5.12 Å². The van der Waals surface area contributed by atoms with Gasteiger partial charge in [0.1, 0.15) is 0 Å². The van der Waals surface area contributed by atoms with E-state index < -0.39 is 0 Å². The first-order chi connectivity index (χ1) is 8.20. The lowest BCUT2D eigenvalue weighted by Crippen LogP contribution is -1.91. The predicted octanol–water partition coefficient (Wildman–Crippen LogP) is 3.33. The van der Waals surface area contributed by atoms with Crippen molar-refractivity contribution in [1.82, 2.24) is 0 Å². The Morgan fingerprint density at radius 1 is 1.24 bits per heavy atom. The van der Waals surface area contributed by atoms with Gasteiger partial charge in [-0.05, 0) is 42.4 Å². The van der Waals surface area contributed by atoms with E-state index in [4.69, 9.17) is 4.42 Å². The van der Waals surface area contributed by atoms with Crippen LogP contribution in [0, 0.1) is 6.92 Å². The maximum atomic E-state index is 11.8. The molecule has 2 rings (SSSR count). The SMILES string of the molecule is Cc1ccccc1SC(=O)c1ccc(C=O)o1. The van der Waals surface area contributed by atoms with Gasteiger partial charge in [-0.1, -0.05) is 18.2 Å². The number of carbonyl (C=O) groups excluding carboxylic acids is 2. The van der Waals surface area contributed by atoms with Crippen molar-refractivity contribution in [3.05, 3.63) is 53.5 Å². The standard InChI is InChI=1S/C13H10O3S/c1-9-4-2-3-5-12(9)17-13(15)11-7-6-10(8-14)16-11/h2-8H,1H3. The maximum Gasteiger partial charge on any atom is 0.259 e. The molecular weight excluding hydrogens is 236 g/mol. The molecule has 0 aliphatic carbocycles. The number of aldehydes is 1. The van der Waals surface area contributed by atoms with Crippen molar-refractivity contribution < 1.29 is 14.0 Å². The van der Waals surface area contributed by atoms with Gasteiger partial charge < -0.3 is 4.42 Å². The molecule has 2 aromatic rings. The molecule has 0 unspecified atom stereocenters. The first kappa shape index (κ1) is 11.7. The molecule has 0 fully saturated rings. The quantitative estimate of drug-likeness (QED) is 0.615. The Bertz CT molecular complexity index is 557. The van der Waals surface area contributed by atoms with Gasteiger partial charge in [-0.15, -0.1) is 0 Å². The summed E-state index contributed by atoms with van der Waals surface area (Å²) in [5, 5.41) is -0.201. The van der Waals surface area contributed by atoms with E-state index in [9.17, 15) is 9.59 Å². The van der Waals surface area contributed by atoms with Crippen LogP contribution in [-0.2, 0) is 0 Å². The van der Waals surface area contributed by atoms with Crippen LogP contribution in [-0.4, -0.2) is 11.4 Å². The molecule has 0 aliphatic rings. The van der Waals surface area contributed by atoms with Crippen LogP contribution < -0.4 is 0 Å². The van der Waals surface area contributed by atoms with Crippen LogP contribution >= 0.6 is 11.8 Å². The summed E-state index contributed by atoms with van der Waals surface area (Å²) >= 11 is 1.10. The summed E-state index contributed by atoms with van der Waals surface area (Å²) in [5.74, 6) is 0.360. The van der Waals surface area contributed by atoms with Crippen molar-refractivity contribution in [2.45, 2.75) is 11.8 Å². The summed E-state index contributed by atoms with van der Waals surface area (Å²) in [7, 11) is 0. The van der Waals surface area contributed by atoms with Crippen molar-refractivity contribution >= 4 is 23.2 Å². The lowest BCUT2D eigenvalue weighted by molar-refractivity contribution is 0.105. The molecule has 1 heterocycles. The van der Waals surface area contributed by atoms with Crippen LogP contribution in [0.2, 0.25) is 0 Å². The van der Waals surface area contributed by atoms with E-state index in [1.165, 1.54) is 12.1 Å². The molecule has 0 saturated heterocycles. The summed E-state index contributed by atoms with van der Waals surface area (Å²) in [4.78, 5) is 23.2. The molecule has 86 valence electrons. The van der Waals surface area contributed by atoms with Gasteiger partial charge in [-0.25, -0.2) is 0 Å². The van der Waals surface area contributed by atoms with Crippen molar-refractivity contribution in [3.8, 4) is 0 Å². The van der Waals surface area contributed by atoms with Crippen molar-refractivity contribution in [3.63, 3.8) is 0 Å². The Kier molecular flexibility index (Phi) is 3.44. The minimum atomic E-state index is -0.201. The van der Waals surface area contributed by atoms with Crippen LogP contribution in [0.15, 0.2) is 45.7 Å². The topological polar surface area (TPSA) is 47.3 Å². The Balaban J connectivity index is 2.17. The van der Waals surface area contributed by atoms with Gasteiger partial charge in [-0.2, -0.15) is 0 Å². The van der Waals surface area contributed by atoms with Gasteiger partial charge in [0.05, 0.1) is 0 Å². The minimum absolute atomic E-state index is 0.165. The number of carbonyl (C=O) groups is 2. The number of aryl methyl sites for hydroxylation is 1. The number of hydrogen-bond acceptors (Lipinski definition) is 4. The molecule has 3 nitrogen and oxygen atoms in total. The first-order valence-electron chi connectivity index (χ1n) is 5.03. The van der Waals surface area contributed by atoms with Crippen LogP contribution in [0.5, 0.6) is 0 Å². The third-order valence-electron chi connectivity index (χ3n) is 2.24. The average Bonchev–Trinajstić information content (AvgIpc) is 2.81. The lowest BCUT2D eigenvalue weighted by Gasteiger charge is -2.01. The van der Waals surface area contributed by atoms with Crippen molar-refractivity contribution in [2.75, 3.05) is 0 Å². The molecule has 0 saturated carbocycles. The Hall–Kier alpha value is -1.81.